The Balaban J connectivity index is 2.22. The topological polar surface area (TPSA) is 47.6 Å². The van der Waals surface area contributed by atoms with Crippen LogP contribution in [0.25, 0.3) is 0 Å². The normalized spacial score (nSPS) is 21.0. The van der Waals surface area contributed by atoms with Crippen molar-refractivity contribution in [1.29, 1.82) is 0 Å². The van der Waals surface area contributed by atoms with Gasteiger partial charge in [-0.1, -0.05) is 29.3 Å². The quantitative estimate of drug-likeness (QED) is 0.842. The van der Waals surface area contributed by atoms with Crippen LogP contribution in [-0.2, 0) is 19.8 Å². The van der Waals surface area contributed by atoms with Gasteiger partial charge in [0.15, 0.2) is 0 Å². The zero-order chi connectivity index (χ0) is 15.5. The minimum absolute atomic E-state index is 0.122. The summed E-state index contributed by atoms with van der Waals surface area (Å²) in [4.78, 5) is 12.2. The van der Waals surface area contributed by atoms with Crippen molar-refractivity contribution in [2.24, 2.45) is 0 Å². The van der Waals surface area contributed by atoms with Crippen molar-refractivity contribution >= 4 is 29.2 Å². The highest BCUT2D eigenvalue weighted by Gasteiger charge is 2.37. The number of carbonyl (C=O) groups is 1. The molecule has 0 amide bonds. The number of nitrogens with one attached hydrogen (secondary N) is 1. The van der Waals surface area contributed by atoms with Crippen molar-refractivity contribution in [3.8, 4) is 0 Å². The fourth-order valence-electron chi connectivity index (χ4n) is 2.43. The van der Waals surface area contributed by atoms with Crippen molar-refractivity contribution < 1.29 is 14.3 Å². The first-order chi connectivity index (χ1) is 9.97. The van der Waals surface area contributed by atoms with E-state index in [1.807, 2.05) is 0 Å². The minimum Gasteiger partial charge on any atom is -0.467 e. The Morgan fingerprint density at radius 1 is 1.48 bits per heavy atom. The highest BCUT2D eigenvalue weighted by Crippen LogP contribution is 2.30. The zero-order valence-corrected chi connectivity index (χ0v) is 13.6. The van der Waals surface area contributed by atoms with Gasteiger partial charge in [-0.05, 0) is 37.5 Å². The molecular formula is C15H19Cl2NO3. The largest absolute Gasteiger partial charge is 0.467 e. The molecule has 0 aliphatic carbocycles. The number of halogens is 2. The molecule has 0 radical (unpaired) electrons. The number of carbonyl (C=O) groups excluding carboxylic acids is 1. The highest BCUT2D eigenvalue weighted by molar-refractivity contribution is 6.42. The van der Waals surface area contributed by atoms with E-state index in [0.717, 1.165) is 19.4 Å². The molecule has 6 heteroatoms. The fourth-order valence-corrected chi connectivity index (χ4v) is 2.72. The van der Waals surface area contributed by atoms with E-state index in [0.29, 0.717) is 22.2 Å². The predicted molar refractivity (Wildman–Crippen MR) is 82.8 cm³/mol. The number of ether oxygens (including phenoxy) is 2. The molecule has 2 unspecified atom stereocenters. The van der Waals surface area contributed by atoms with E-state index < -0.39 is 5.54 Å². The molecule has 21 heavy (non-hydrogen) atoms. The minimum atomic E-state index is -0.991. The molecule has 1 aliphatic rings. The molecule has 0 bridgehead atoms. The average molecular weight is 332 g/mol. The Labute approximate surface area is 134 Å². The summed E-state index contributed by atoms with van der Waals surface area (Å²) in [6.45, 7) is 3.12. The monoisotopic (exact) mass is 331 g/mol. The second-order valence-electron chi connectivity index (χ2n) is 5.26. The van der Waals surface area contributed by atoms with Gasteiger partial charge < -0.3 is 9.47 Å². The van der Waals surface area contributed by atoms with Gasteiger partial charge in [-0.15, -0.1) is 0 Å². The smallest absolute Gasteiger partial charge is 0.330 e. The molecule has 1 heterocycles. The third-order valence-corrected chi connectivity index (χ3v) is 4.54. The molecule has 2 atom stereocenters. The maximum Gasteiger partial charge on any atom is 0.330 e. The molecule has 1 aromatic carbocycles. The van der Waals surface area contributed by atoms with Gasteiger partial charge in [0.05, 0.1) is 23.3 Å². The summed E-state index contributed by atoms with van der Waals surface area (Å²) in [5.74, 6) is -0.376. The van der Waals surface area contributed by atoms with E-state index in [2.05, 4.69) is 5.32 Å². The Kier molecular flexibility index (Phi) is 5.49. The van der Waals surface area contributed by atoms with E-state index in [1.165, 1.54) is 7.11 Å². The van der Waals surface area contributed by atoms with Crippen LogP contribution in [-0.4, -0.2) is 32.3 Å². The van der Waals surface area contributed by atoms with Gasteiger partial charge in [0.25, 0.3) is 0 Å². The van der Waals surface area contributed by atoms with Crippen molar-refractivity contribution in [2.75, 3.05) is 20.3 Å². The van der Waals surface area contributed by atoms with Gasteiger partial charge in [-0.25, -0.2) is 4.79 Å². The zero-order valence-electron chi connectivity index (χ0n) is 12.1. The highest BCUT2D eigenvalue weighted by atomic mass is 35.5. The van der Waals surface area contributed by atoms with Crippen LogP contribution in [0.1, 0.15) is 25.3 Å². The van der Waals surface area contributed by atoms with Gasteiger partial charge in [-0.3, -0.25) is 5.32 Å². The lowest BCUT2D eigenvalue weighted by molar-refractivity contribution is -0.148. The molecule has 116 valence electrons. The third kappa shape index (κ3) is 3.69. The van der Waals surface area contributed by atoms with Crippen LogP contribution in [0.3, 0.4) is 0 Å². The number of hydrogen-bond acceptors (Lipinski definition) is 4. The summed E-state index contributed by atoms with van der Waals surface area (Å²) in [6, 6.07) is 5.13. The summed E-state index contributed by atoms with van der Waals surface area (Å²) in [7, 11) is 1.37. The number of esters is 1. The lowest BCUT2D eigenvalue weighted by Gasteiger charge is -2.30. The summed E-state index contributed by atoms with van der Waals surface area (Å²) in [5, 5.41) is 4.11. The molecule has 1 fully saturated rings. The Morgan fingerprint density at radius 2 is 2.24 bits per heavy atom. The number of methoxy groups -OCH3 is 1. The molecule has 4 nitrogen and oxygen atoms in total. The third-order valence-electron chi connectivity index (χ3n) is 3.80. The molecule has 1 aromatic rings. The lowest BCUT2D eigenvalue weighted by Crippen LogP contribution is -2.49. The maximum atomic E-state index is 12.2. The number of benzene rings is 1. The van der Waals surface area contributed by atoms with Crippen LogP contribution in [0, 0.1) is 0 Å². The first-order valence-electron chi connectivity index (χ1n) is 6.88. The van der Waals surface area contributed by atoms with E-state index in [4.69, 9.17) is 32.7 Å². The van der Waals surface area contributed by atoms with Crippen LogP contribution in [0.5, 0.6) is 0 Å². The fraction of sp³-hybridized carbons (Fsp3) is 0.533. The van der Waals surface area contributed by atoms with Crippen molar-refractivity contribution in [3.63, 3.8) is 0 Å². The van der Waals surface area contributed by atoms with Gasteiger partial charge in [-0.2, -0.15) is 0 Å². The summed E-state index contributed by atoms with van der Waals surface area (Å²) in [5.41, 5.74) is -0.281. The van der Waals surface area contributed by atoms with Crippen LogP contribution in [0.2, 0.25) is 10.0 Å². The van der Waals surface area contributed by atoms with Gasteiger partial charge in [0.1, 0.15) is 5.54 Å². The average Bonchev–Trinajstić information content (AvgIpc) is 3.00. The van der Waals surface area contributed by atoms with E-state index >= 15 is 0 Å². The molecule has 0 aromatic heterocycles. The Bertz CT molecular complexity index is 518. The molecule has 1 N–H and O–H groups in total. The maximum absolute atomic E-state index is 12.2. The van der Waals surface area contributed by atoms with E-state index in [1.54, 1.807) is 25.1 Å². The first-order valence-corrected chi connectivity index (χ1v) is 7.63. The summed E-state index contributed by atoms with van der Waals surface area (Å²) < 4.78 is 10.5. The SMILES string of the molecule is COC(=O)C(C)(NCC1CCCO1)c1ccc(Cl)c(Cl)c1. The van der Waals surface area contributed by atoms with Crippen LogP contribution < -0.4 is 5.32 Å². The van der Waals surface area contributed by atoms with Crippen molar-refractivity contribution in [2.45, 2.75) is 31.4 Å². The lowest BCUT2D eigenvalue weighted by atomic mass is 9.91. The molecule has 1 saturated heterocycles. The van der Waals surface area contributed by atoms with Crippen LogP contribution in [0.4, 0.5) is 0 Å². The van der Waals surface area contributed by atoms with Crippen LogP contribution >= 0.6 is 23.2 Å². The summed E-state index contributed by atoms with van der Waals surface area (Å²) >= 11 is 12.0. The predicted octanol–water partition coefficient (Wildman–Crippen LogP) is 3.15. The molecule has 1 aliphatic heterocycles. The Morgan fingerprint density at radius 3 is 2.81 bits per heavy atom. The molecule has 0 saturated carbocycles. The van der Waals surface area contributed by atoms with Crippen molar-refractivity contribution in [1.82, 2.24) is 5.32 Å². The second-order valence-corrected chi connectivity index (χ2v) is 6.08. The van der Waals surface area contributed by atoms with Gasteiger partial charge in [0, 0.05) is 13.2 Å². The number of rotatable bonds is 5. The molecular weight excluding hydrogens is 313 g/mol. The van der Waals surface area contributed by atoms with Gasteiger partial charge in [0.2, 0.25) is 0 Å². The molecule has 0 spiro atoms. The second kappa shape index (κ2) is 6.97. The first kappa shape index (κ1) is 16.6. The van der Waals surface area contributed by atoms with Crippen LogP contribution in [0.15, 0.2) is 18.2 Å². The molecule has 2 rings (SSSR count). The van der Waals surface area contributed by atoms with Gasteiger partial charge >= 0.3 is 5.97 Å². The Hall–Kier alpha value is -0.810. The number of hydrogen-bond donors (Lipinski definition) is 1. The van der Waals surface area contributed by atoms with E-state index in [9.17, 15) is 4.79 Å². The standard InChI is InChI=1S/C15H19Cl2NO3/c1-15(14(19)20-2,18-9-11-4-3-7-21-11)10-5-6-12(16)13(17)8-10/h5-6,8,11,18H,3-4,7,9H2,1-2H3. The van der Waals surface area contributed by atoms with E-state index in [-0.39, 0.29) is 12.1 Å². The summed E-state index contributed by atoms with van der Waals surface area (Å²) in [6.07, 6.45) is 2.16. The van der Waals surface area contributed by atoms with Crippen molar-refractivity contribution in [3.05, 3.63) is 33.8 Å².